The molecule has 0 N–H and O–H groups in total. The van der Waals surface area contributed by atoms with Crippen molar-refractivity contribution in [2.24, 2.45) is 4.99 Å². The summed E-state index contributed by atoms with van der Waals surface area (Å²) in [6.07, 6.45) is -0.238. The van der Waals surface area contributed by atoms with Crippen LogP contribution in [0.5, 0.6) is 5.75 Å². The highest BCUT2D eigenvalue weighted by Gasteiger charge is 2.15. The van der Waals surface area contributed by atoms with Gasteiger partial charge in [0.05, 0.1) is 5.69 Å². The molecule has 1 atom stereocenters. The van der Waals surface area contributed by atoms with Crippen LogP contribution in [0.1, 0.15) is 6.92 Å². The number of hydrogen-bond acceptors (Lipinski definition) is 3. The van der Waals surface area contributed by atoms with Gasteiger partial charge in [0, 0.05) is 4.90 Å². The molecule has 1 unspecified atom stereocenters. The molecule has 3 aromatic rings. The van der Waals surface area contributed by atoms with Crippen LogP contribution in [0.25, 0.3) is 0 Å². The number of hydrogen-bond donors (Lipinski definition) is 0. The first kappa shape index (κ1) is 17.2. The molecule has 0 radical (unpaired) electrons. The lowest BCUT2D eigenvalue weighted by atomic mass is 10.3. The number of nitrogens with zero attached hydrogens (tertiary/aromatic N) is 1. The summed E-state index contributed by atoms with van der Waals surface area (Å²) in [4.78, 5) is 5.75. The third-order valence-electron chi connectivity index (χ3n) is 3.44. The van der Waals surface area contributed by atoms with Crippen LogP contribution in [0.3, 0.4) is 0 Å². The van der Waals surface area contributed by atoms with Crippen molar-refractivity contribution in [3.8, 4) is 5.75 Å². The van der Waals surface area contributed by atoms with Crippen LogP contribution in [0.2, 0.25) is 0 Å². The number of ether oxygens (including phenoxy) is 1. The molecule has 0 fully saturated rings. The van der Waals surface area contributed by atoms with Gasteiger partial charge in [0.15, 0.2) is 0 Å². The molecule has 0 amide bonds. The second-order valence-corrected chi connectivity index (χ2v) is 6.51. The van der Waals surface area contributed by atoms with Crippen molar-refractivity contribution in [3.05, 3.63) is 90.7 Å². The summed E-state index contributed by atoms with van der Waals surface area (Å²) < 4.78 is 19.2. The summed E-state index contributed by atoms with van der Waals surface area (Å²) in [6, 6.07) is 25.8. The standard InChI is InChI=1S/C21H18FNOS/c1-16(24-19-8-4-2-5-9-19)21(25-20-10-6-3-7-11-20)23-18-14-12-17(22)13-15-18/h2-16H,1H3. The van der Waals surface area contributed by atoms with Crippen molar-refractivity contribution in [2.45, 2.75) is 17.9 Å². The normalized spacial score (nSPS) is 12.6. The third kappa shape index (κ3) is 5.19. The smallest absolute Gasteiger partial charge is 0.144 e. The quantitative estimate of drug-likeness (QED) is 0.314. The van der Waals surface area contributed by atoms with Gasteiger partial charge in [0.1, 0.15) is 22.7 Å². The van der Waals surface area contributed by atoms with E-state index < -0.39 is 0 Å². The SMILES string of the molecule is CC(Oc1ccccc1)C(=Nc1ccc(F)cc1)Sc1ccccc1. The molecule has 0 spiro atoms. The van der Waals surface area contributed by atoms with Crippen LogP contribution in [0, 0.1) is 5.82 Å². The van der Waals surface area contributed by atoms with Gasteiger partial charge in [0.25, 0.3) is 0 Å². The lowest BCUT2D eigenvalue weighted by molar-refractivity contribution is 0.290. The number of aliphatic imine (C=N–C) groups is 1. The summed E-state index contributed by atoms with van der Waals surface area (Å²) >= 11 is 1.55. The molecule has 0 aliphatic carbocycles. The van der Waals surface area contributed by atoms with Crippen LogP contribution in [-0.2, 0) is 0 Å². The molecule has 25 heavy (non-hydrogen) atoms. The van der Waals surface area contributed by atoms with Crippen LogP contribution >= 0.6 is 11.8 Å². The zero-order chi connectivity index (χ0) is 17.5. The van der Waals surface area contributed by atoms with Gasteiger partial charge in [-0.15, -0.1) is 0 Å². The second kappa shape index (κ2) is 8.49. The largest absolute Gasteiger partial charge is 0.484 e. The van der Waals surface area contributed by atoms with E-state index in [1.807, 2.05) is 67.6 Å². The molecule has 0 aromatic heterocycles. The summed E-state index contributed by atoms with van der Waals surface area (Å²) in [5, 5.41) is 0.807. The average Bonchev–Trinajstić information content (AvgIpc) is 2.64. The van der Waals surface area contributed by atoms with Crippen molar-refractivity contribution in [1.29, 1.82) is 0 Å². The lowest BCUT2D eigenvalue weighted by Crippen LogP contribution is -2.21. The van der Waals surface area contributed by atoms with Gasteiger partial charge in [-0.05, 0) is 55.5 Å². The maximum absolute atomic E-state index is 13.1. The monoisotopic (exact) mass is 351 g/mol. The topological polar surface area (TPSA) is 21.6 Å². The highest BCUT2D eigenvalue weighted by Crippen LogP contribution is 2.26. The van der Waals surface area contributed by atoms with Gasteiger partial charge >= 0.3 is 0 Å². The number of halogens is 1. The molecule has 0 aliphatic heterocycles. The van der Waals surface area contributed by atoms with Crippen LogP contribution in [0.15, 0.2) is 94.8 Å². The Balaban J connectivity index is 1.86. The van der Waals surface area contributed by atoms with Gasteiger partial charge in [-0.3, -0.25) is 0 Å². The van der Waals surface area contributed by atoms with E-state index in [1.165, 1.54) is 12.1 Å². The van der Waals surface area contributed by atoms with Gasteiger partial charge in [-0.2, -0.15) is 0 Å². The number of thioether (sulfide) groups is 1. The molecule has 2 nitrogen and oxygen atoms in total. The fourth-order valence-corrected chi connectivity index (χ4v) is 3.10. The van der Waals surface area contributed by atoms with Crippen molar-refractivity contribution in [2.75, 3.05) is 0 Å². The molecule has 0 heterocycles. The zero-order valence-electron chi connectivity index (χ0n) is 13.8. The Morgan fingerprint density at radius 3 is 2.12 bits per heavy atom. The Morgan fingerprint density at radius 2 is 1.48 bits per heavy atom. The van der Waals surface area contributed by atoms with Crippen molar-refractivity contribution < 1.29 is 9.13 Å². The maximum Gasteiger partial charge on any atom is 0.144 e. The molecule has 0 saturated heterocycles. The molecule has 0 bridgehead atoms. The number of rotatable bonds is 5. The predicted molar refractivity (Wildman–Crippen MR) is 102 cm³/mol. The summed E-state index contributed by atoms with van der Waals surface area (Å²) in [7, 11) is 0. The molecule has 4 heteroatoms. The molecule has 126 valence electrons. The van der Waals surface area contributed by atoms with E-state index in [0.29, 0.717) is 5.69 Å². The van der Waals surface area contributed by atoms with Gasteiger partial charge in [0.2, 0.25) is 0 Å². The van der Waals surface area contributed by atoms with Crippen molar-refractivity contribution >= 4 is 22.5 Å². The van der Waals surface area contributed by atoms with E-state index in [1.54, 1.807) is 23.9 Å². The van der Waals surface area contributed by atoms with Crippen molar-refractivity contribution in [3.63, 3.8) is 0 Å². The minimum Gasteiger partial charge on any atom is -0.484 e. The zero-order valence-corrected chi connectivity index (χ0v) is 14.6. The molecule has 3 aromatic carbocycles. The van der Waals surface area contributed by atoms with E-state index in [-0.39, 0.29) is 11.9 Å². The Morgan fingerprint density at radius 1 is 0.880 bits per heavy atom. The van der Waals surface area contributed by atoms with Crippen LogP contribution < -0.4 is 4.74 Å². The first-order valence-electron chi connectivity index (χ1n) is 7.99. The highest BCUT2D eigenvalue weighted by molar-refractivity contribution is 8.14. The van der Waals surface area contributed by atoms with E-state index in [2.05, 4.69) is 4.99 Å². The first-order valence-corrected chi connectivity index (χ1v) is 8.81. The van der Waals surface area contributed by atoms with E-state index in [0.717, 1.165) is 15.7 Å². The Bertz CT molecular complexity index is 820. The summed E-state index contributed by atoms with van der Waals surface area (Å²) in [6.45, 7) is 1.96. The number of benzene rings is 3. The van der Waals surface area contributed by atoms with Gasteiger partial charge < -0.3 is 4.74 Å². The molecule has 0 saturated carbocycles. The summed E-state index contributed by atoms with van der Waals surface area (Å²) in [5.41, 5.74) is 0.698. The fourth-order valence-electron chi connectivity index (χ4n) is 2.20. The summed E-state index contributed by atoms with van der Waals surface area (Å²) in [5.74, 6) is 0.514. The average molecular weight is 351 g/mol. The van der Waals surface area contributed by atoms with Gasteiger partial charge in [-0.1, -0.05) is 48.2 Å². The molecule has 0 aliphatic rings. The van der Waals surface area contributed by atoms with E-state index >= 15 is 0 Å². The first-order chi connectivity index (χ1) is 12.2. The fraction of sp³-hybridized carbons (Fsp3) is 0.0952. The minimum atomic E-state index is -0.273. The Kier molecular flexibility index (Phi) is 5.86. The Labute approximate surface area is 151 Å². The van der Waals surface area contributed by atoms with Gasteiger partial charge in [-0.25, -0.2) is 9.38 Å². The van der Waals surface area contributed by atoms with Crippen LogP contribution in [0.4, 0.5) is 10.1 Å². The van der Waals surface area contributed by atoms with E-state index in [4.69, 9.17) is 4.74 Å². The van der Waals surface area contributed by atoms with E-state index in [9.17, 15) is 4.39 Å². The third-order valence-corrected chi connectivity index (χ3v) is 4.58. The number of para-hydroxylation sites is 1. The Hall–Kier alpha value is -2.59. The molecular weight excluding hydrogens is 333 g/mol. The molecular formula is C21H18FNOS. The van der Waals surface area contributed by atoms with Crippen LogP contribution in [-0.4, -0.2) is 11.1 Å². The second-order valence-electron chi connectivity index (χ2n) is 5.41. The lowest BCUT2D eigenvalue weighted by Gasteiger charge is -2.17. The minimum absolute atomic E-state index is 0.238. The highest BCUT2D eigenvalue weighted by atomic mass is 32.2. The predicted octanol–water partition coefficient (Wildman–Crippen LogP) is 6.12. The van der Waals surface area contributed by atoms with Crippen molar-refractivity contribution in [1.82, 2.24) is 0 Å². The maximum atomic E-state index is 13.1. The molecule has 3 rings (SSSR count).